The zero-order valence-electron chi connectivity index (χ0n) is 12.0. The molecule has 0 saturated carbocycles. The summed E-state index contributed by atoms with van der Waals surface area (Å²) in [7, 11) is 0. The maximum atomic E-state index is 14.0. The van der Waals surface area contributed by atoms with Gasteiger partial charge in [-0.05, 0) is 61.4 Å². The third-order valence-electron chi connectivity index (χ3n) is 4.36. The van der Waals surface area contributed by atoms with Crippen molar-refractivity contribution < 1.29 is 13.9 Å². The molecule has 0 saturated heterocycles. The van der Waals surface area contributed by atoms with Gasteiger partial charge in [0.15, 0.2) is 0 Å². The first-order valence-corrected chi connectivity index (χ1v) is 7.29. The Kier molecular flexibility index (Phi) is 3.54. The molecule has 3 rings (SSSR count). The topological polar surface area (TPSA) is 20.2 Å². The van der Waals surface area contributed by atoms with Gasteiger partial charge < -0.3 is 5.11 Å². The smallest absolute Gasteiger partial charge is 0.132 e. The lowest BCUT2D eigenvalue weighted by Gasteiger charge is -2.27. The van der Waals surface area contributed by atoms with Crippen LogP contribution in [-0.2, 0) is 18.4 Å². The summed E-state index contributed by atoms with van der Waals surface area (Å²) in [6.45, 7) is 1.44. The highest BCUT2D eigenvalue weighted by atomic mass is 19.1. The molecule has 110 valence electrons. The molecule has 0 amide bonds. The van der Waals surface area contributed by atoms with Crippen LogP contribution in [0.1, 0.15) is 42.0 Å². The summed E-state index contributed by atoms with van der Waals surface area (Å²) in [6.07, 6.45) is 4.28. The maximum Gasteiger partial charge on any atom is 0.132 e. The fourth-order valence-corrected chi connectivity index (χ4v) is 3.14. The van der Waals surface area contributed by atoms with Crippen LogP contribution in [0.4, 0.5) is 8.78 Å². The van der Waals surface area contributed by atoms with E-state index in [-0.39, 0.29) is 5.56 Å². The van der Waals surface area contributed by atoms with E-state index < -0.39 is 17.2 Å². The van der Waals surface area contributed by atoms with Crippen molar-refractivity contribution in [2.45, 2.75) is 38.2 Å². The molecule has 0 aromatic heterocycles. The van der Waals surface area contributed by atoms with E-state index in [1.807, 2.05) is 12.1 Å². The molecule has 1 atom stereocenters. The number of halogens is 2. The molecule has 1 aliphatic rings. The van der Waals surface area contributed by atoms with Crippen molar-refractivity contribution in [2.75, 3.05) is 0 Å². The third kappa shape index (κ3) is 2.46. The molecule has 1 nitrogen and oxygen atoms in total. The van der Waals surface area contributed by atoms with Gasteiger partial charge in [-0.25, -0.2) is 8.78 Å². The maximum absolute atomic E-state index is 14.0. The van der Waals surface area contributed by atoms with E-state index in [2.05, 4.69) is 0 Å². The highest BCUT2D eigenvalue weighted by molar-refractivity contribution is 5.42. The molecule has 21 heavy (non-hydrogen) atoms. The van der Waals surface area contributed by atoms with Crippen LogP contribution in [0.15, 0.2) is 36.4 Å². The van der Waals surface area contributed by atoms with Crippen molar-refractivity contribution in [3.63, 3.8) is 0 Å². The average Bonchev–Trinajstić information content (AvgIpc) is 2.46. The number of fused-ring (bicyclic) bond motifs is 1. The number of hydrogen-bond acceptors (Lipinski definition) is 1. The van der Waals surface area contributed by atoms with Gasteiger partial charge in [0.1, 0.15) is 17.2 Å². The van der Waals surface area contributed by atoms with Gasteiger partial charge in [0.05, 0.1) is 5.56 Å². The van der Waals surface area contributed by atoms with E-state index in [0.717, 1.165) is 19.3 Å². The van der Waals surface area contributed by atoms with Gasteiger partial charge in [0.25, 0.3) is 0 Å². The van der Waals surface area contributed by atoms with E-state index in [1.54, 1.807) is 6.07 Å². The van der Waals surface area contributed by atoms with Crippen molar-refractivity contribution in [3.8, 4) is 0 Å². The lowest BCUT2D eigenvalue weighted by atomic mass is 9.83. The van der Waals surface area contributed by atoms with Crippen LogP contribution >= 0.6 is 0 Å². The Bertz CT molecular complexity index is 657. The van der Waals surface area contributed by atoms with Gasteiger partial charge in [-0.1, -0.05) is 24.3 Å². The minimum Gasteiger partial charge on any atom is -0.380 e. The molecule has 0 heterocycles. The third-order valence-corrected chi connectivity index (χ3v) is 4.36. The van der Waals surface area contributed by atoms with Gasteiger partial charge in [0, 0.05) is 0 Å². The lowest BCUT2D eigenvalue weighted by Crippen LogP contribution is -2.26. The van der Waals surface area contributed by atoms with Gasteiger partial charge in [-0.3, -0.25) is 0 Å². The minimum atomic E-state index is -1.68. The summed E-state index contributed by atoms with van der Waals surface area (Å²) in [6, 6.07) is 9.28. The molecule has 0 radical (unpaired) electrons. The largest absolute Gasteiger partial charge is 0.380 e. The number of hydrogen-bond donors (Lipinski definition) is 1. The van der Waals surface area contributed by atoms with Crippen LogP contribution in [0.2, 0.25) is 0 Å². The number of aryl methyl sites for hydroxylation is 2. The van der Waals surface area contributed by atoms with E-state index in [4.69, 9.17) is 0 Å². The quantitative estimate of drug-likeness (QED) is 0.882. The standard InChI is InChI=1S/C18H18F2O/c1-18(21,17-15(19)7-4-8-16(17)20)14-10-9-12-5-2-3-6-13(12)11-14/h4,7-11,21H,2-3,5-6H2,1H3. The van der Waals surface area contributed by atoms with E-state index in [0.29, 0.717) is 5.56 Å². The molecule has 0 bridgehead atoms. The fourth-order valence-electron chi connectivity index (χ4n) is 3.14. The van der Waals surface area contributed by atoms with Crippen molar-refractivity contribution in [3.05, 3.63) is 70.3 Å². The zero-order valence-corrected chi connectivity index (χ0v) is 12.0. The SMILES string of the molecule is CC(O)(c1ccc2c(c1)CCCC2)c1c(F)cccc1F. The van der Waals surface area contributed by atoms with Crippen LogP contribution in [0.25, 0.3) is 0 Å². The second kappa shape index (κ2) is 5.23. The Balaban J connectivity index is 2.10. The van der Waals surface area contributed by atoms with Crippen LogP contribution in [0.3, 0.4) is 0 Å². The van der Waals surface area contributed by atoms with E-state index in [9.17, 15) is 13.9 Å². The van der Waals surface area contributed by atoms with E-state index in [1.165, 1.54) is 42.7 Å². The number of benzene rings is 2. The Morgan fingerprint density at radius 1 is 0.952 bits per heavy atom. The Labute approximate surface area is 123 Å². The Morgan fingerprint density at radius 3 is 2.24 bits per heavy atom. The minimum absolute atomic E-state index is 0.291. The second-order valence-electron chi connectivity index (χ2n) is 5.86. The first-order chi connectivity index (χ1) is 10.00. The van der Waals surface area contributed by atoms with E-state index >= 15 is 0 Å². The van der Waals surface area contributed by atoms with Crippen LogP contribution in [-0.4, -0.2) is 5.11 Å². The van der Waals surface area contributed by atoms with Crippen molar-refractivity contribution in [1.82, 2.24) is 0 Å². The molecule has 2 aromatic rings. The first kappa shape index (κ1) is 14.2. The van der Waals surface area contributed by atoms with Crippen LogP contribution in [0, 0.1) is 11.6 Å². The first-order valence-electron chi connectivity index (χ1n) is 7.29. The molecule has 1 unspecified atom stereocenters. The highest BCUT2D eigenvalue weighted by Crippen LogP contribution is 2.35. The van der Waals surface area contributed by atoms with Crippen molar-refractivity contribution >= 4 is 0 Å². The fraction of sp³-hybridized carbons (Fsp3) is 0.333. The zero-order chi connectivity index (χ0) is 15.0. The summed E-state index contributed by atoms with van der Waals surface area (Å²) in [5.41, 5.74) is 1.01. The van der Waals surface area contributed by atoms with Gasteiger partial charge >= 0.3 is 0 Å². The predicted molar refractivity (Wildman–Crippen MR) is 78.1 cm³/mol. The monoisotopic (exact) mass is 288 g/mol. The summed E-state index contributed by atoms with van der Waals surface area (Å²) in [5, 5.41) is 10.7. The molecule has 0 fully saturated rings. The van der Waals surface area contributed by atoms with Gasteiger partial charge in [0.2, 0.25) is 0 Å². The molecular weight excluding hydrogens is 270 g/mol. The summed E-state index contributed by atoms with van der Waals surface area (Å²) in [4.78, 5) is 0. The molecule has 3 heteroatoms. The second-order valence-corrected chi connectivity index (χ2v) is 5.86. The number of rotatable bonds is 2. The molecule has 1 N–H and O–H groups in total. The summed E-state index contributed by atoms with van der Waals surface area (Å²) < 4.78 is 27.9. The van der Waals surface area contributed by atoms with Gasteiger partial charge in [-0.2, -0.15) is 0 Å². The predicted octanol–water partition coefficient (Wildman–Crippen LogP) is 4.10. The molecule has 1 aliphatic carbocycles. The van der Waals surface area contributed by atoms with Crippen LogP contribution < -0.4 is 0 Å². The van der Waals surface area contributed by atoms with Crippen molar-refractivity contribution in [2.24, 2.45) is 0 Å². The molecular formula is C18H18F2O. The average molecular weight is 288 g/mol. The van der Waals surface area contributed by atoms with Gasteiger partial charge in [-0.15, -0.1) is 0 Å². The van der Waals surface area contributed by atoms with Crippen LogP contribution in [0.5, 0.6) is 0 Å². The summed E-state index contributed by atoms with van der Waals surface area (Å²) >= 11 is 0. The highest BCUT2D eigenvalue weighted by Gasteiger charge is 2.32. The molecule has 2 aromatic carbocycles. The molecule has 0 aliphatic heterocycles. The lowest BCUT2D eigenvalue weighted by molar-refractivity contribution is 0.0933. The Hall–Kier alpha value is -1.74. The number of aliphatic hydroxyl groups is 1. The normalized spacial score (nSPS) is 17.1. The summed E-state index contributed by atoms with van der Waals surface area (Å²) in [5.74, 6) is -1.45. The van der Waals surface area contributed by atoms with Crippen molar-refractivity contribution in [1.29, 1.82) is 0 Å². The Morgan fingerprint density at radius 2 is 1.57 bits per heavy atom. The molecule has 0 spiro atoms.